The molecule has 1 aromatic rings. The number of ketones is 1. The number of carbonyl (C=O) groups excluding carboxylic acids is 1. The first-order valence-electron chi connectivity index (χ1n) is 6.34. The molecule has 0 unspecified atom stereocenters. The monoisotopic (exact) mass is 222 g/mol. The van der Waals surface area contributed by atoms with Crippen LogP contribution in [0.3, 0.4) is 0 Å². The fourth-order valence-electron chi connectivity index (χ4n) is 1.81. The van der Waals surface area contributed by atoms with Crippen LogP contribution in [0.5, 0.6) is 0 Å². The van der Waals surface area contributed by atoms with Crippen molar-refractivity contribution in [1.82, 2.24) is 9.55 Å². The van der Waals surface area contributed by atoms with Gasteiger partial charge in [0, 0.05) is 25.4 Å². The van der Waals surface area contributed by atoms with Crippen LogP contribution >= 0.6 is 0 Å². The summed E-state index contributed by atoms with van der Waals surface area (Å²) in [5.41, 5.74) is 0. The minimum Gasteiger partial charge on any atom is -0.329 e. The summed E-state index contributed by atoms with van der Waals surface area (Å²) in [5, 5.41) is 0. The molecule has 3 heteroatoms. The van der Waals surface area contributed by atoms with Crippen LogP contribution in [-0.2, 0) is 6.54 Å². The van der Waals surface area contributed by atoms with Crippen molar-refractivity contribution in [2.24, 2.45) is 0 Å². The van der Waals surface area contributed by atoms with Gasteiger partial charge in [-0.25, -0.2) is 4.98 Å². The van der Waals surface area contributed by atoms with Gasteiger partial charge in [0.15, 0.2) is 11.6 Å². The summed E-state index contributed by atoms with van der Waals surface area (Å²) in [6.45, 7) is 5.17. The Balaban J connectivity index is 2.42. The van der Waals surface area contributed by atoms with Crippen LogP contribution in [0.2, 0.25) is 0 Å². The molecule has 0 saturated carbocycles. The van der Waals surface area contributed by atoms with Crippen molar-refractivity contribution in [2.45, 2.75) is 58.9 Å². The third-order valence-electron chi connectivity index (χ3n) is 2.69. The molecule has 0 spiro atoms. The van der Waals surface area contributed by atoms with Gasteiger partial charge in [-0.05, 0) is 12.8 Å². The van der Waals surface area contributed by atoms with Crippen molar-refractivity contribution in [3.8, 4) is 0 Å². The van der Waals surface area contributed by atoms with Gasteiger partial charge in [0.05, 0.1) is 0 Å². The molecular weight excluding hydrogens is 200 g/mol. The van der Waals surface area contributed by atoms with Gasteiger partial charge >= 0.3 is 0 Å². The first-order valence-corrected chi connectivity index (χ1v) is 6.34. The molecule has 0 bridgehead atoms. The zero-order valence-corrected chi connectivity index (χ0v) is 10.4. The fraction of sp³-hybridized carbons (Fsp3) is 0.692. The largest absolute Gasteiger partial charge is 0.329 e. The van der Waals surface area contributed by atoms with Crippen molar-refractivity contribution < 1.29 is 4.79 Å². The van der Waals surface area contributed by atoms with Crippen molar-refractivity contribution in [3.63, 3.8) is 0 Å². The zero-order valence-electron chi connectivity index (χ0n) is 10.4. The Hall–Kier alpha value is -1.12. The predicted molar refractivity (Wildman–Crippen MR) is 65.6 cm³/mol. The number of imidazole rings is 1. The molecule has 0 aliphatic carbocycles. The first kappa shape index (κ1) is 12.9. The van der Waals surface area contributed by atoms with E-state index < -0.39 is 0 Å². The second-order valence-corrected chi connectivity index (χ2v) is 4.18. The van der Waals surface area contributed by atoms with Gasteiger partial charge in [0.2, 0.25) is 0 Å². The van der Waals surface area contributed by atoms with Crippen molar-refractivity contribution in [1.29, 1.82) is 0 Å². The van der Waals surface area contributed by atoms with Crippen LogP contribution in [0.4, 0.5) is 0 Å². The third-order valence-corrected chi connectivity index (χ3v) is 2.69. The van der Waals surface area contributed by atoms with E-state index in [4.69, 9.17) is 0 Å². The molecule has 0 aromatic carbocycles. The molecule has 16 heavy (non-hydrogen) atoms. The van der Waals surface area contributed by atoms with Crippen LogP contribution in [0, 0.1) is 0 Å². The van der Waals surface area contributed by atoms with Gasteiger partial charge < -0.3 is 4.57 Å². The second kappa shape index (κ2) is 7.20. The van der Waals surface area contributed by atoms with E-state index in [1.54, 1.807) is 6.20 Å². The Labute approximate surface area is 97.9 Å². The lowest BCUT2D eigenvalue weighted by atomic mass is 10.1. The Morgan fingerprint density at radius 1 is 1.25 bits per heavy atom. The first-order chi connectivity index (χ1) is 7.79. The fourth-order valence-corrected chi connectivity index (χ4v) is 1.81. The van der Waals surface area contributed by atoms with E-state index in [1.807, 2.05) is 10.8 Å². The van der Waals surface area contributed by atoms with Gasteiger partial charge in [0.25, 0.3) is 0 Å². The summed E-state index contributed by atoms with van der Waals surface area (Å²) in [6.07, 6.45) is 9.85. The average molecular weight is 222 g/mol. The molecule has 0 aliphatic heterocycles. The highest BCUT2D eigenvalue weighted by molar-refractivity contribution is 5.92. The van der Waals surface area contributed by atoms with Crippen LogP contribution in [0.15, 0.2) is 12.4 Å². The summed E-state index contributed by atoms with van der Waals surface area (Å²) in [7, 11) is 0. The molecule has 1 rings (SSSR count). The molecule has 1 aromatic heterocycles. The smallest absolute Gasteiger partial charge is 0.198 e. The van der Waals surface area contributed by atoms with E-state index in [2.05, 4.69) is 18.8 Å². The van der Waals surface area contributed by atoms with Gasteiger partial charge in [-0.1, -0.05) is 33.1 Å². The maximum atomic E-state index is 11.9. The van der Waals surface area contributed by atoms with Gasteiger partial charge in [0.1, 0.15) is 0 Å². The van der Waals surface area contributed by atoms with Crippen molar-refractivity contribution in [3.05, 3.63) is 18.2 Å². The van der Waals surface area contributed by atoms with Crippen LogP contribution in [0.25, 0.3) is 0 Å². The number of rotatable bonds is 8. The minimum atomic E-state index is 0.189. The Bertz CT molecular complexity index is 317. The van der Waals surface area contributed by atoms with Crippen LogP contribution in [0.1, 0.15) is 63.0 Å². The maximum Gasteiger partial charge on any atom is 0.198 e. The maximum absolute atomic E-state index is 11.9. The predicted octanol–water partition coefficient (Wildman–Crippen LogP) is 3.45. The normalized spacial score (nSPS) is 10.6. The van der Waals surface area contributed by atoms with E-state index in [0.717, 1.165) is 25.8 Å². The summed E-state index contributed by atoms with van der Waals surface area (Å²) >= 11 is 0. The lowest BCUT2D eigenvalue weighted by Gasteiger charge is -2.04. The van der Waals surface area contributed by atoms with E-state index in [-0.39, 0.29) is 5.78 Å². The van der Waals surface area contributed by atoms with Gasteiger partial charge in [-0.15, -0.1) is 0 Å². The molecule has 3 nitrogen and oxygen atoms in total. The zero-order chi connectivity index (χ0) is 11.8. The number of aryl methyl sites for hydroxylation is 1. The quantitative estimate of drug-likeness (QED) is 0.499. The Morgan fingerprint density at radius 2 is 2.06 bits per heavy atom. The lowest BCUT2D eigenvalue weighted by molar-refractivity contribution is 0.0964. The molecule has 1 heterocycles. The lowest BCUT2D eigenvalue weighted by Crippen LogP contribution is -2.10. The summed E-state index contributed by atoms with van der Waals surface area (Å²) in [6, 6.07) is 0. The molecule has 0 N–H and O–H groups in total. The second-order valence-electron chi connectivity index (χ2n) is 4.18. The highest BCUT2D eigenvalue weighted by Gasteiger charge is 2.11. The van der Waals surface area contributed by atoms with Crippen molar-refractivity contribution in [2.75, 3.05) is 0 Å². The third kappa shape index (κ3) is 3.80. The number of Topliss-reactive ketones (excluding diaryl/α,β-unsaturated/α-hetero) is 1. The molecular formula is C13H22N2O. The molecule has 90 valence electrons. The number of nitrogens with zero attached hydrogens (tertiary/aromatic N) is 2. The van der Waals surface area contributed by atoms with Gasteiger partial charge in [-0.3, -0.25) is 4.79 Å². The molecule has 0 atom stereocenters. The molecule has 0 aliphatic rings. The average Bonchev–Trinajstić information content (AvgIpc) is 2.73. The SMILES string of the molecule is CCCCCCC(=O)c1nccn1CCC. The number of unbranched alkanes of at least 4 members (excludes halogenated alkanes) is 3. The van der Waals surface area contributed by atoms with E-state index in [9.17, 15) is 4.79 Å². The molecule has 0 fully saturated rings. The minimum absolute atomic E-state index is 0.189. The summed E-state index contributed by atoms with van der Waals surface area (Å²) in [5.74, 6) is 0.827. The molecule has 0 radical (unpaired) electrons. The highest BCUT2D eigenvalue weighted by Crippen LogP contribution is 2.08. The number of carbonyl (C=O) groups is 1. The van der Waals surface area contributed by atoms with Crippen LogP contribution in [-0.4, -0.2) is 15.3 Å². The summed E-state index contributed by atoms with van der Waals surface area (Å²) < 4.78 is 1.96. The van der Waals surface area contributed by atoms with Crippen LogP contribution < -0.4 is 0 Å². The molecule has 0 saturated heterocycles. The summed E-state index contributed by atoms with van der Waals surface area (Å²) in [4.78, 5) is 16.0. The number of aromatic nitrogens is 2. The standard InChI is InChI=1S/C13H22N2O/c1-3-5-6-7-8-12(16)13-14-9-11-15(13)10-4-2/h9,11H,3-8,10H2,1-2H3. The molecule has 0 amide bonds. The number of hydrogen-bond acceptors (Lipinski definition) is 2. The highest BCUT2D eigenvalue weighted by atomic mass is 16.1. The van der Waals surface area contributed by atoms with E-state index in [0.29, 0.717) is 12.2 Å². The van der Waals surface area contributed by atoms with Gasteiger partial charge in [-0.2, -0.15) is 0 Å². The Morgan fingerprint density at radius 3 is 2.75 bits per heavy atom. The number of hydrogen-bond donors (Lipinski definition) is 0. The van der Waals surface area contributed by atoms with E-state index in [1.165, 1.54) is 12.8 Å². The van der Waals surface area contributed by atoms with Crippen molar-refractivity contribution >= 4 is 5.78 Å². The van der Waals surface area contributed by atoms with E-state index >= 15 is 0 Å². The topological polar surface area (TPSA) is 34.9 Å². The Kier molecular flexibility index (Phi) is 5.83.